The highest BCUT2D eigenvalue weighted by atomic mass is 16.5. The number of Topliss-reactive ketones (excluding diaryl/α,β-unsaturated/α-hetero) is 1. The number of benzene rings is 1. The molecular formula is C18H24O2. The lowest BCUT2D eigenvalue weighted by Gasteiger charge is -2.25. The van der Waals surface area contributed by atoms with Gasteiger partial charge in [0.05, 0.1) is 6.61 Å². The van der Waals surface area contributed by atoms with Gasteiger partial charge in [-0.05, 0) is 37.0 Å². The van der Waals surface area contributed by atoms with Gasteiger partial charge in [-0.25, -0.2) is 0 Å². The molecule has 1 aromatic carbocycles. The van der Waals surface area contributed by atoms with Crippen molar-refractivity contribution in [3.8, 4) is 5.75 Å². The van der Waals surface area contributed by atoms with Gasteiger partial charge in [-0.1, -0.05) is 33.6 Å². The minimum atomic E-state index is 0.0205. The van der Waals surface area contributed by atoms with E-state index in [1.807, 2.05) is 12.1 Å². The molecule has 108 valence electrons. The molecule has 0 aromatic heterocycles. The molecule has 1 saturated carbocycles. The number of carbonyl (C=O) groups excluding carboxylic acids is 1. The average molecular weight is 272 g/mol. The van der Waals surface area contributed by atoms with E-state index in [1.165, 1.54) is 18.4 Å². The zero-order valence-corrected chi connectivity index (χ0v) is 12.7. The van der Waals surface area contributed by atoms with Gasteiger partial charge in [-0.2, -0.15) is 0 Å². The van der Waals surface area contributed by atoms with Crippen LogP contribution in [-0.4, -0.2) is 12.4 Å². The summed E-state index contributed by atoms with van der Waals surface area (Å²) in [6, 6.07) is 5.99. The molecule has 2 aliphatic rings. The average Bonchev–Trinajstić information content (AvgIpc) is 2.74. The van der Waals surface area contributed by atoms with E-state index in [0.29, 0.717) is 12.4 Å². The summed E-state index contributed by atoms with van der Waals surface area (Å²) in [4.78, 5) is 12.7. The van der Waals surface area contributed by atoms with Crippen molar-refractivity contribution in [2.24, 2.45) is 11.8 Å². The molecule has 1 fully saturated rings. The van der Waals surface area contributed by atoms with Crippen LogP contribution in [0.5, 0.6) is 5.75 Å². The van der Waals surface area contributed by atoms with E-state index in [9.17, 15) is 4.79 Å². The third kappa shape index (κ3) is 2.36. The van der Waals surface area contributed by atoms with Gasteiger partial charge in [0.1, 0.15) is 5.75 Å². The molecule has 2 nitrogen and oxygen atoms in total. The van der Waals surface area contributed by atoms with Gasteiger partial charge in [0.2, 0.25) is 0 Å². The molecule has 0 saturated heterocycles. The highest BCUT2D eigenvalue weighted by Crippen LogP contribution is 2.39. The number of fused-ring (bicyclic) bond motifs is 1. The third-order valence-corrected chi connectivity index (χ3v) is 4.97. The van der Waals surface area contributed by atoms with Gasteiger partial charge in [-0.15, -0.1) is 0 Å². The fourth-order valence-electron chi connectivity index (χ4n) is 3.43. The normalized spacial score (nSPS) is 27.8. The quantitative estimate of drug-likeness (QED) is 0.747. The Labute approximate surface area is 121 Å². The van der Waals surface area contributed by atoms with Crippen molar-refractivity contribution >= 4 is 5.78 Å². The summed E-state index contributed by atoms with van der Waals surface area (Å²) < 4.78 is 5.70. The first-order valence-corrected chi connectivity index (χ1v) is 7.79. The molecular weight excluding hydrogens is 248 g/mol. The van der Waals surface area contributed by atoms with Crippen LogP contribution in [0.3, 0.4) is 0 Å². The first kappa shape index (κ1) is 13.7. The van der Waals surface area contributed by atoms with Gasteiger partial charge in [0.25, 0.3) is 0 Å². The van der Waals surface area contributed by atoms with Crippen LogP contribution in [0.1, 0.15) is 62.4 Å². The Morgan fingerprint density at radius 3 is 2.60 bits per heavy atom. The fraction of sp³-hybridized carbons (Fsp3) is 0.611. The van der Waals surface area contributed by atoms with Gasteiger partial charge < -0.3 is 4.74 Å². The van der Waals surface area contributed by atoms with E-state index in [0.717, 1.165) is 30.1 Å². The highest BCUT2D eigenvalue weighted by molar-refractivity contribution is 5.98. The number of ether oxygens (including phenoxy) is 1. The number of ketones is 1. The Bertz CT molecular complexity index is 522. The van der Waals surface area contributed by atoms with Crippen molar-refractivity contribution < 1.29 is 9.53 Å². The SMILES string of the molecule is CC1CCC(C(=O)c2ccc3c(c2)C(C)(C)CO3)CC1. The summed E-state index contributed by atoms with van der Waals surface area (Å²) in [6.07, 6.45) is 4.49. The third-order valence-electron chi connectivity index (χ3n) is 4.97. The second-order valence-corrected chi connectivity index (χ2v) is 7.20. The molecule has 0 bridgehead atoms. The summed E-state index contributed by atoms with van der Waals surface area (Å²) in [7, 11) is 0. The summed E-state index contributed by atoms with van der Waals surface area (Å²) in [5, 5.41) is 0. The predicted octanol–water partition coefficient (Wildman–Crippen LogP) is 4.37. The number of hydrogen-bond donors (Lipinski definition) is 0. The Hall–Kier alpha value is -1.31. The molecule has 0 spiro atoms. The predicted molar refractivity (Wildman–Crippen MR) is 80.4 cm³/mol. The smallest absolute Gasteiger partial charge is 0.165 e. The first-order valence-electron chi connectivity index (χ1n) is 7.79. The zero-order valence-electron chi connectivity index (χ0n) is 12.7. The molecule has 3 rings (SSSR count). The Kier molecular flexibility index (Phi) is 3.35. The number of carbonyl (C=O) groups is 1. The molecule has 20 heavy (non-hydrogen) atoms. The molecule has 0 radical (unpaired) electrons. The molecule has 0 amide bonds. The highest BCUT2D eigenvalue weighted by Gasteiger charge is 2.33. The summed E-state index contributed by atoms with van der Waals surface area (Å²) in [5.74, 6) is 2.30. The fourth-order valence-corrected chi connectivity index (χ4v) is 3.43. The Morgan fingerprint density at radius 1 is 1.20 bits per heavy atom. The molecule has 0 N–H and O–H groups in total. The molecule has 1 aromatic rings. The minimum Gasteiger partial charge on any atom is -0.492 e. The van der Waals surface area contributed by atoms with Crippen molar-refractivity contribution in [1.82, 2.24) is 0 Å². The Balaban J connectivity index is 1.83. The van der Waals surface area contributed by atoms with Crippen LogP contribution in [0.2, 0.25) is 0 Å². The van der Waals surface area contributed by atoms with E-state index in [4.69, 9.17) is 4.74 Å². The van der Waals surface area contributed by atoms with Crippen molar-refractivity contribution in [2.45, 2.75) is 51.9 Å². The van der Waals surface area contributed by atoms with Gasteiger partial charge in [0, 0.05) is 22.5 Å². The number of rotatable bonds is 2. The molecule has 1 aliphatic heterocycles. The molecule has 0 atom stereocenters. The van der Waals surface area contributed by atoms with Crippen molar-refractivity contribution in [2.75, 3.05) is 6.61 Å². The van der Waals surface area contributed by atoms with Crippen molar-refractivity contribution in [3.63, 3.8) is 0 Å². The second-order valence-electron chi connectivity index (χ2n) is 7.20. The maximum atomic E-state index is 12.7. The lowest BCUT2D eigenvalue weighted by atomic mass is 9.78. The van der Waals surface area contributed by atoms with Gasteiger partial charge >= 0.3 is 0 Å². The lowest BCUT2D eigenvalue weighted by Crippen LogP contribution is -2.22. The Morgan fingerprint density at radius 2 is 1.90 bits per heavy atom. The second kappa shape index (κ2) is 4.91. The zero-order chi connectivity index (χ0) is 14.3. The van der Waals surface area contributed by atoms with Crippen LogP contribution in [-0.2, 0) is 5.41 Å². The maximum Gasteiger partial charge on any atom is 0.165 e. The standard InChI is InChI=1S/C18H24O2/c1-12-4-6-13(7-5-12)17(19)14-8-9-16-15(10-14)18(2,3)11-20-16/h8-10,12-13H,4-7,11H2,1-3H3. The van der Waals surface area contributed by atoms with Crippen LogP contribution >= 0.6 is 0 Å². The van der Waals surface area contributed by atoms with Gasteiger partial charge in [-0.3, -0.25) is 4.79 Å². The summed E-state index contributed by atoms with van der Waals surface area (Å²) in [6.45, 7) is 7.35. The van der Waals surface area contributed by atoms with Gasteiger partial charge in [0.15, 0.2) is 5.78 Å². The minimum absolute atomic E-state index is 0.0205. The molecule has 0 unspecified atom stereocenters. The van der Waals surface area contributed by atoms with Crippen LogP contribution < -0.4 is 4.74 Å². The molecule has 1 aliphatic carbocycles. The van der Waals surface area contributed by atoms with E-state index in [2.05, 4.69) is 26.8 Å². The summed E-state index contributed by atoms with van der Waals surface area (Å²) in [5.41, 5.74) is 2.08. The van der Waals surface area contributed by atoms with Crippen LogP contribution in [0.15, 0.2) is 18.2 Å². The van der Waals surface area contributed by atoms with E-state index in [-0.39, 0.29) is 11.3 Å². The summed E-state index contributed by atoms with van der Waals surface area (Å²) >= 11 is 0. The monoisotopic (exact) mass is 272 g/mol. The van der Waals surface area contributed by atoms with Crippen molar-refractivity contribution in [1.29, 1.82) is 0 Å². The van der Waals surface area contributed by atoms with E-state index >= 15 is 0 Å². The van der Waals surface area contributed by atoms with Crippen LogP contribution in [0, 0.1) is 11.8 Å². The van der Waals surface area contributed by atoms with E-state index in [1.54, 1.807) is 0 Å². The van der Waals surface area contributed by atoms with Crippen LogP contribution in [0.25, 0.3) is 0 Å². The topological polar surface area (TPSA) is 26.3 Å². The van der Waals surface area contributed by atoms with Crippen LogP contribution in [0.4, 0.5) is 0 Å². The lowest BCUT2D eigenvalue weighted by molar-refractivity contribution is 0.0875. The molecule has 1 heterocycles. The largest absolute Gasteiger partial charge is 0.492 e. The maximum absolute atomic E-state index is 12.7. The first-order chi connectivity index (χ1) is 9.47. The number of hydrogen-bond acceptors (Lipinski definition) is 2. The van der Waals surface area contributed by atoms with Crippen molar-refractivity contribution in [3.05, 3.63) is 29.3 Å². The molecule has 2 heteroatoms. The van der Waals surface area contributed by atoms with E-state index < -0.39 is 0 Å².